The zero-order valence-corrected chi connectivity index (χ0v) is 9.92. The van der Waals surface area contributed by atoms with Crippen LogP contribution >= 0.6 is 0 Å². The second kappa shape index (κ2) is 4.21. The van der Waals surface area contributed by atoms with E-state index >= 15 is 0 Å². The molecule has 0 saturated heterocycles. The predicted molar refractivity (Wildman–Crippen MR) is 60.5 cm³/mol. The molecule has 18 heavy (non-hydrogen) atoms. The lowest BCUT2D eigenvalue weighted by Crippen LogP contribution is -2.24. The van der Waals surface area contributed by atoms with Crippen LogP contribution in [0.3, 0.4) is 0 Å². The van der Waals surface area contributed by atoms with Crippen LogP contribution in [0, 0.1) is 0 Å². The van der Waals surface area contributed by atoms with Gasteiger partial charge in [-0.1, -0.05) is 0 Å². The Bertz CT molecular complexity index is 568. The molecule has 2 N–H and O–H groups in total. The number of nitrogens with one attached hydrogen (secondary N) is 2. The van der Waals surface area contributed by atoms with E-state index < -0.39 is 0 Å². The molecular formula is C10H13N7O. The first-order valence-electron chi connectivity index (χ1n) is 5.77. The Morgan fingerprint density at radius 3 is 3.11 bits per heavy atom. The normalized spacial score (nSPS) is 14.7. The van der Waals surface area contributed by atoms with Crippen LogP contribution in [0.2, 0.25) is 0 Å². The molecule has 94 valence electrons. The van der Waals surface area contributed by atoms with E-state index in [9.17, 15) is 4.79 Å². The number of amides is 1. The quantitative estimate of drug-likeness (QED) is 0.775. The van der Waals surface area contributed by atoms with Crippen LogP contribution in [0.5, 0.6) is 0 Å². The molecule has 8 nitrogen and oxygen atoms in total. The van der Waals surface area contributed by atoms with Crippen LogP contribution in [0.4, 0.5) is 0 Å². The fraction of sp³-hybridized carbons (Fsp3) is 0.500. The Morgan fingerprint density at radius 2 is 2.44 bits per heavy atom. The second-order valence-electron chi connectivity index (χ2n) is 4.34. The van der Waals surface area contributed by atoms with Gasteiger partial charge < -0.3 is 5.32 Å². The molecule has 2 aromatic heterocycles. The summed E-state index contributed by atoms with van der Waals surface area (Å²) in [5, 5.41) is 13.4. The van der Waals surface area contributed by atoms with Crippen molar-refractivity contribution in [1.82, 2.24) is 35.3 Å². The highest BCUT2D eigenvalue weighted by molar-refractivity contribution is 5.90. The Labute approximate surface area is 103 Å². The number of rotatable bonds is 4. The van der Waals surface area contributed by atoms with E-state index in [-0.39, 0.29) is 18.3 Å². The lowest BCUT2D eigenvalue weighted by atomic mass is 10.4. The summed E-state index contributed by atoms with van der Waals surface area (Å²) in [6.07, 6.45) is 3.82. The molecule has 3 rings (SSSR count). The van der Waals surface area contributed by atoms with E-state index in [4.69, 9.17) is 0 Å². The molecule has 1 fully saturated rings. The largest absolute Gasteiger partial charge is 0.342 e. The molecule has 0 atom stereocenters. The average Bonchev–Trinajstić information content (AvgIpc) is 2.94. The predicted octanol–water partition coefficient (Wildman–Crippen LogP) is -0.259. The van der Waals surface area contributed by atoms with Crippen molar-refractivity contribution in [2.45, 2.75) is 25.3 Å². The maximum atomic E-state index is 11.8. The average molecular weight is 247 g/mol. The van der Waals surface area contributed by atoms with Gasteiger partial charge in [0.1, 0.15) is 12.2 Å². The third kappa shape index (κ3) is 2.22. The van der Waals surface area contributed by atoms with Crippen molar-refractivity contribution in [2.75, 3.05) is 0 Å². The molecular weight excluding hydrogens is 234 g/mol. The minimum atomic E-state index is -0.314. The fourth-order valence-electron chi connectivity index (χ4n) is 1.62. The summed E-state index contributed by atoms with van der Waals surface area (Å²) >= 11 is 0. The van der Waals surface area contributed by atoms with Crippen molar-refractivity contribution >= 4 is 5.91 Å². The maximum Gasteiger partial charge on any atom is 0.291 e. The summed E-state index contributed by atoms with van der Waals surface area (Å²) < 4.78 is 1.58. The lowest BCUT2D eigenvalue weighted by Gasteiger charge is -1.97. The molecule has 0 bridgehead atoms. The van der Waals surface area contributed by atoms with Crippen LogP contribution in [0.15, 0.2) is 6.33 Å². The first-order valence-corrected chi connectivity index (χ1v) is 5.77. The maximum absolute atomic E-state index is 11.8. The highest BCUT2D eigenvalue weighted by atomic mass is 16.2. The topological polar surface area (TPSA) is 101 Å². The van der Waals surface area contributed by atoms with Crippen LogP contribution in [-0.2, 0) is 13.6 Å². The summed E-state index contributed by atoms with van der Waals surface area (Å²) in [6, 6.07) is 0. The monoisotopic (exact) mass is 247 g/mol. The molecule has 0 radical (unpaired) electrons. The van der Waals surface area contributed by atoms with Gasteiger partial charge in [-0.2, -0.15) is 5.10 Å². The zero-order chi connectivity index (χ0) is 12.5. The minimum Gasteiger partial charge on any atom is -0.342 e. The van der Waals surface area contributed by atoms with Crippen molar-refractivity contribution in [3.8, 4) is 0 Å². The van der Waals surface area contributed by atoms with E-state index in [1.54, 1.807) is 18.1 Å². The van der Waals surface area contributed by atoms with Gasteiger partial charge in [0.15, 0.2) is 5.82 Å². The number of carbonyl (C=O) groups is 1. The lowest BCUT2D eigenvalue weighted by molar-refractivity contribution is 0.0940. The van der Waals surface area contributed by atoms with E-state index in [0.29, 0.717) is 11.7 Å². The Hall–Kier alpha value is -2.25. The number of hydrogen-bond donors (Lipinski definition) is 2. The van der Waals surface area contributed by atoms with E-state index in [1.807, 2.05) is 0 Å². The number of nitrogens with zero attached hydrogens (tertiary/aromatic N) is 5. The van der Waals surface area contributed by atoms with Crippen molar-refractivity contribution in [3.63, 3.8) is 0 Å². The van der Waals surface area contributed by atoms with Gasteiger partial charge in [0, 0.05) is 13.0 Å². The molecule has 2 aromatic rings. The smallest absolute Gasteiger partial charge is 0.291 e. The fourth-order valence-corrected chi connectivity index (χ4v) is 1.62. The zero-order valence-electron chi connectivity index (χ0n) is 9.92. The van der Waals surface area contributed by atoms with Gasteiger partial charge in [-0.05, 0) is 12.8 Å². The van der Waals surface area contributed by atoms with Crippen LogP contribution in [0.1, 0.15) is 41.0 Å². The summed E-state index contributed by atoms with van der Waals surface area (Å²) in [7, 11) is 1.77. The van der Waals surface area contributed by atoms with Gasteiger partial charge in [-0.15, -0.1) is 5.10 Å². The van der Waals surface area contributed by atoms with Crippen molar-refractivity contribution in [2.24, 2.45) is 7.05 Å². The van der Waals surface area contributed by atoms with Crippen LogP contribution < -0.4 is 5.32 Å². The van der Waals surface area contributed by atoms with Gasteiger partial charge in [-0.25, -0.2) is 9.97 Å². The number of H-pyrrole nitrogens is 1. The summed E-state index contributed by atoms with van der Waals surface area (Å²) in [4.78, 5) is 19.9. The summed E-state index contributed by atoms with van der Waals surface area (Å²) in [5.41, 5.74) is 0. The number of aromatic nitrogens is 6. The molecule has 1 saturated carbocycles. The van der Waals surface area contributed by atoms with Crippen molar-refractivity contribution in [3.05, 3.63) is 23.8 Å². The van der Waals surface area contributed by atoms with Crippen molar-refractivity contribution < 1.29 is 4.79 Å². The van der Waals surface area contributed by atoms with E-state index in [2.05, 4.69) is 30.6 Å². The first kappa shape index (κ1) is 10.9. The Balaban J connectivity index is 1.59. The molecule has 1 amide bonds. The molecule has 2 heterocycles. The number of hydrogen-bond acceptors (Lipinski definition) is 5. The van der Waals surface area contributed by atoms with Gasteiger partial charge in [0.2, 0.25) is 5.82 Å². The third-order valence-electron chi connectivity index (χ3n) is 2.72. The van der Waals surface area contributed by atoms with Crippen LogP contribution in [0.25, 0.3) is 0 Å². The molecule has 0 aromatic carbocycles. The van der Waals surface area contributed by atoms with Gasteiger partial charge in [0.05, 0.1) is 6.54 Å². The Kier molecular flexibility index (Phi) is 2.54. The SMILES string of the molecule is Cn1cnc(CNC(=O)c2n[nH]c(C3CC3)n2)n1. The molecule has 0 aliphatic heterocycles. The molecule has 8 heteroatoms. The summed E-state index contributed by atoms with van der Waals surface area (Å²) in [6.45, 7) is 0.271. The first-order chi connectivity index (χ1) is 8.72. The van der Waals surface area contributed by atoms with Crippen LogP contribution in [-0.4, -0.2) is 35.9 Å². The molecule has 0 spiro atoms. The van der Waals surface area contributed by atoms with Gasteiger partial charge in [-0.3, -0.25) is 14.6 Å². The molecule has 1 aliphatic carbocycles. The standard InChI is InChI=1S/C10H13N7O/c1-17-5-12-7(16-17)4-11-10(18)9-13-8(14-15-9)6-2-3-6/h5-6H,2-4H2,1H3,(H,11,18)(H,13,14,15). The van der Waals surface area contributed by atoms with Crippen molar-refractivity contribution in [1.29, 1.82) is 0 Å². The van der Waals surface area contributed by atoms with E-state index in [1.165, 1.54) is 0 Å². The Morgan fingerprint density at radius 1 is 1.61 bits per heavy atom. The highest BCUT2D eigenvalue weighted by Crippen LogP contribution is 2.37. The number of aromatic amines is 1. The molecule has 1 aliphatic rings. The summed E-state index contributed by atoms with van der Waals surface area (Å²) in [5.74, 6) is 1.68. The minimum absolute atomic E-state index is 0.174. The second-order valence-corrected chi connectivity index (χ2v) is 4.34. The molecule has 0 unspecified atom stereocenters. The van der Waals surface area contributed by atoms with Gasteiger partial charge >= 0.3 is 0 Å². The van der Waals surface area contributed by atoms with Gasteiger partial charge in [0.25, 0.3) is 5.91 Å². The highest BCUT2D eigenvalue weighted by Gasteiger charge is 2.28. The van der Waals surface area contributed by atoms with E-state index in [0.717, 1.165) is 18.7 Å². The number of carbonyl (C=O) groups excluding carboxylic acids is 1. The third-order valence-corrected chi connectivity index (χ3v) is 2.72. The number of aryl methyl sites for hydroxylation is 1.